The molecule has 2 N–H and O–H groups in total. The molecule has 5 nitrogen and oxygen atoms in total. The van der Waals surface area contributed by atoms with Gasteiger partial charge in [-0.15, -0.1) is 0 Å². The van der Waals surface area contributed by atoms with E-state index in [2.05, 4.69) is 25.9 Å². The van der Waals surface area contributed by atoms with Crippen LogP contribution in [0.15, 0.2) is 15.5 Å². The van der Waals surface area contributed by atoms with Crippen molar-refractivity contribution in [3.63, 3.8) is 0 Å². The van der Waals surface area contributed by atoms with Crippen LogP contribution in [-0.4, -0.2) is 29.4 Å². The number of aromatic nitrogens is 2. The quantitative estimate of drug-likeness (QED) is 0.900. The molecular weight excluding hydrogens is 332 g/mol. The third-order valence-corrected chi connectivity index (χ3v) is 5.21. The first-order valence-electron chi connectivity index (χ1n) is 7.67. The second-order valence-corrected chi connectivity index (χ2v) is 6.94. The van der Waals surface area contributed by atoms with E-state index in [0.717, 1.165) is 12.1 Å². The van der Waals surface area contributed by atoms with Crippen molar-refractivity contribution in [3.8, 4) is 0 Å². The van der Waals surface area contributed by atoms with Gasteiger partial charge in [0.1, 0.15) is 4.47 Å². The molecule has 0 aliphatic heterocycles. The molecule has 0 aromatic carbocycles. The maximum Gasteiger partial charge on any atom is 0.283 e. The molecule has 1 fully saturated rings. The standard InChI is InChI=1S/C15H25BrN4O/c1-10(2)20-15(21)14(16)13(9-18-20)19(3)12-7-5-4-6-11(12)8-17/h9-12H,4-8,17H2,1-3H3. The van der Waals surface area contributed by atoms with Gasteiger partial charge in [0.15, 0.2) is 0 Å². The molecule has 1 aliphatic rings. The summed E-state index contributed by atoms with van der Waals surface area (Å²) in [5, 5.41) is 4.31. The van der Waals surface area contributed by atoms with Crippen molar-refractivity contribution in [3.05, 3.63) is 21.0 Å². The third-order valence-electron chi connectivity index (χ3n) is 4.46. The summed E-state index contributed by atoms with van der Waals surface area (Å²) >= 11 is 3.46. The summed E-state index contributed by atoms with van der Waals surface area (Å²) in [5.74, 6) is 0.489. The molecule has 21 heavy (non-hydrogen) atoms. The Labute approximate surface area is 134 Å². The first kappa shape index (κ1) is 16.5. The van der Waals surface area contributed by atoms with Gasteiger partial charge in [-0.1, -0.05) is 12.8 Å². The lowest BCUT2D eigenvalue weighted by atomic mass is 9.83. The molecule has 0 saturated heterocycles. The molecule has 1 aliphatic carbocycles. The van der Waals surface area contributed by atoms with Crippen LogP contribution in [0.3, 0.4) is 0 Å². The van der Waals surface area contributed by atoms with Gasteiger partial charge >= 0.3 is 0 Å². The van der Waals surface area contributed by atoms with Gasteiger partial charge < -0.3 is 10.6 Å². The maximum atomic E-state index is 12.4. The van der Waals surface area contributed by atoms with Crippen molar-refractivity contribution in [2.75, 3.05) is 18.5 Å². The Bertz CT molecular complexity index is 543. The Morgan fingerprint density at radius 3 is 2.76 bits per heavy atom. The Morgan fingerprint density at radius 1 is 1.48 bits per heavy atom. The second-order valence-electron chi connectivity index (χ2n) is 6.15. The van der Waals surface area contributed by atoms with Crippen molar-refractivity contribution in [1.29, 1.82) is 0 Å². The normalized spacial score (nSPS) is 22.6. The highest BCUT2D eigenvalue weighted by Crippen LogP contribution is 2.32. The van der Waals surface area contributed by atoms with Crippen LogP contribution >= 0.6 is 15.9 Å². The smallest absolute Gasteiger partial charge is 0.283 e. The van der Waals surface area contributed by atoms with Gasteiger partial charge in [0.05, 0.1) is 17.9 Å². The van der Waals surface area contributed by atoms with Crippen LogP contribution in [0.25, 0.3) is 0 Å². The fourth-order valence-electron chi connectivity index (χ4n) is 3.20. The number of hydrogen-bond acceptors (Lipinski definition) is 4. The van der Waals surface area contributed by atoms with Gasteiger partial charge in [-0.3, -0.25) is 4.79 Å². The number of hydrogen-bond donors (Lipinski definition) is 1. The molecule has 2 unspecified atom stereocenters. The average Bonchev–Trinajstić information content (AvgIpc) is 2.48. The topological polar surface area (TPSA) is 64.2 Å². The molecule has 1 aromatic rings. The minimum Gasteiger partial charge on any atom is -0.369 e. The lowest BCUT2D eigenvalue weighted by Crippen LogP contribution is -2.44. The van der Waals surface area contributed by atoms with Crippen molar-refractivity contribution in [1.82, 2.24) is 9.78 Å². The Balaban J connectivity index is 2.33. The molecule has 0 spiro atoms. The lowest BCUT2D eigenvalue weighted by Gasteiger charge is -2.39. The van der Waals surface area contributed by atoms with Gasteiger partial charge in [0.2, 0.25) is 0 Å². The molecule has 0 amide bonds. The largest absolute Gasteiger partial charge is 0.369 e. The van der Waals surface area contributed by atoms with Crippen LogP contribution in [0, 0.1) is 5.92 Å². The monoisotopic (exact) mass is 356 g/mol. The van der Waals surface area contributed by atoms with Crippen LogP contribution < -0.4 is 16.2 Å². The molecule has 0 radical (unpaired) electrons. The van der Waals surface area contributed by atoms with Crippen molar-refractivity contribution in [2.45, 2.75) is 51.6 Å². The summed E-state index contributed by atoms with van der Waals surface area (Å²) in [7, 11) is 2.04. The summed E-state index contributed by atoms with van der Waals surface area (Å²) in [4.78, 5) is 14.6. The summed E-state index contributed by atoms with van der Waals surface area (Å²) in [6.45, 7) is 4.61. The minimum atomic E-state index is -0.0746. The van der Waals surface area contributed by atoms with E-state index in [-0.39, 0.29) is 11.6 Å². The number of nitrogens with two attached hydrogens (primary N) is 1. The molecule has 1 aromatic heterocycles. The van der Waals surface area contributed by atoms with E-state index in [1.807, 2.05) is 20.9 Å². The van der Waals surface area contributed by atoms with E-state index < -0.39 is 0 Å². The van der Waals surface area contributed by atoms with Crippen LogP contribution in [-0.2, 0) is 0 Å². The predicted octanol–water partition coefficient (Wildman–Crippen LogP) is 2.54. The fourth-order valence-corrected chi connectivity index (χ4v) is 3.77. The average molecular weight is 357 g/mol. The van der Waals surface area contributed by atoms with Crippen LogP contribution in [0.4, 0.5) is 5.69 Å². The second kappa shape index (κ2) is 6.92. The lowest BCUT2D eigenvalue weighted by molar-refractivity contribution is 0.306. The molecule has 118 valence electrons. The van der Waals surface area contributed by atoms with E-state index >= 15 is 0 Å². The first-order valence-corrected chi connectivity index (χ1v) is 8.46. The Kier molecular flexibility index (Phi) is 5.43. The van der Waals surface area contributed by atoms with Gasteiger partial charge in [-0.2, -0.15) is 5.10 Å². The summed E-state index contributed by atoms with van der Waals surface area (Å²) in [6.07, 6.45) is 6.55. The predicted molar refractivity (Wildman–Crippen MR) is 89.8 cm³/mol. The number of nitrogens with zero attached hydrogens (tertiary/aromatic N) is 3. The van der Waals surface area contributed by atoms with Crippen molar-refractivity contribution >= 4 is 21.6 Å². The fraction of sp³-hybridized carbons (Fsp3) is 0.733. The highest BCUT2D eigenvalue weighted by molar-refractivity contribution is 9.10. The van der Waals surface area contributed by atoms with E-state index in [0.29, 0.717) is 23.0 Å². The van der Waals surface area contributed by atoms with Crippen LogP contribution in [0.1, 0.15) is 45.6 Å². The number of halogens is 1. The maximum absolute atomic E-state index is 12.4. The SMILES string of the molecule is CC(C)n1ncc(N(C)C2CCCCC2CN)c(Br)c1=O. The minimum absolute atomic E-state index is 0.0552. The molecule has 2 rings (SSSR count). The van der Waals surface area contributed by atoms with Crippen LogP contribution in [0.5, 0.6) is 0 Å². The van der Waals surface area contributed by atoms with E-state index in [9.17, 15) is 4.79 Å². The van der Waals surface area contributed by atoms with Gasteiger partial charge in [0.25, 0.3) is 5.56 Å². The van der Waals surface area contributed by atoms with Crippen molar-refractivity contribution < 1.29 is 0 Å². The first-order chi connectivity index (χ1) is 9.97. The zero-order valence-electron chi connectivity index (χ0n) is 13.1. The molecule has 0 bridgehead atoms. The zero-order valence-corrected chi connectivity index (χ0v) is 14.6. The molecule has 6 heteroatoms. The highest BCUT2D eigenvalue weighted by atomic mass is 79.9. The Morgan fingerprint density at radius 2 is 2.14 bits per heavy atom. The molecular formula is C15H25BrN4O. The van der Waals surface area contributed by atoms with Crippen LogP contribution in [0.2, 0.25) is 0 Å². The van der Waals surface area contributed by atoms with Gasteiger partial charge in [-0.05, 0) is 55.1 Å². The van der Waals surface area contributed by atoms with E-state index in [4.69, 9.17) is 5.73 Å². The van der Waals surface area contributed by atoms with Gasteiger partial charge in [0, 0.05) is 13.1 Å². The summed E-state index contributed by atoms with van der Waals surface area (Å²) in [5.41, 5.74) is 6.71. The van der Waals surface area contributed by atoms with Gasteiger partial charge in [-0.25, -0.2) is 4.68 Å². The van der Waals surface area contributed by atoms with Crippen molar-refractivity contribution in [2.24, 2.45) is 11.7 Å². The Hall–Kier alpha value is -0.880. The molecule has 1 heterocycles. The van der Waals surface area contributed by atoms with E-state index in [1.54, 1.807) is 6.20 Å². The summed E-state index contributed by atoms with van der Waals surface area (Å²) in [6, 6.07) is 0.441. The zero-order chi connectivity index (χ0) is 15.6. The molecule has 2 atom stereocenters. The number of anilines is 1. The van der Waals surface area contributed by atoms with E-state index in [1.165, 1.54) is 23.9 Å². The third kappa shape index (κ3) is 3.31. The molecule has 1 saturated carbocycles. The number of rotatable bonds is 4. The summed E-state index contributed by atoms with van der Waals surface area (Å²) < 4.78 is 2.10. The highest BCUT2D eigenvalue weighted by Gasteiger charge is 2.29.